The van der Waals surface area contributed by atoms with E-state index in [1.807, 2.05) is 6.07 Å². The monoisotopic (exact) mass is 281 g/mol. The van der Waals surface area contributed by atoms with Crippen LogP contribution >= 0.6 is 0 Å². The molecule has 2 aromatic carbocycles. The van der Waals surface area contributed by atoms with Gasteiger partial charge in [0.2, 0.25) is 0 Å². The van der Waals surface area contributed by atoms with Crippen LogP contribution < -0.4 is 5.11 Å². The lowest BCUT2D eigenvalue weighted by atomic mass is 10.1. The van der Waals surface area contributed by atoms with Crippen molar-refractivity contribution in [1.82, 2.24) is 9.78 Å². The molecule has 5 heteroatoms. The van der Waals surface area contributed by atoms with E-state index in [0.717, 1.165) is 0 Å². The summed E-state index contributed by atoms with van der Waals surface area (Å²) in [7, 11) is 0. The summed E-state index contributed by atoms with van der Waals surface area (Å²) in [4.78, 5) is 11.3. The number of carboxylic acids is 1. The van der Waals surface area contributed by atoms with Crippen LogP contribution in [0, 0.1) is 5.82 Å². The Bertz CT molecular complexity index is 797. The van der Waals surface area contributed by atoms with E-state index in [-0.39, 0.29) is 5.56 Å². The van der Waals surface area contributed by atoms with Gasteiger partial charge < -0.3 is 9.90 Å². The third-order valence-electron chi connectivity index (χ3n) is 3.09. The smallest absolute Gasteiger partial charge is 0.125 e. The van der Waals surface area contributed by atoms with Gasteiger partial charge in [0.05, 0.1) is 23.5 Å². The van der Waals surface area contributed by atoms with Crippen LogP contribution in [0.25, 0.3) is 16.9 Å². The van der Waals surface area contributed by atoms with E-state index in [1.165, 1.54) is 23.0 Å². The molecule has 104 valence electrons. The van der Waals surface area contributed by atoms with Crippen LogP contribution in [0.5, 0.6) is 0 Å². The molecule has 3 rings (SSSR count). The van der Waals surface area contributed by atoms with Crippen molar-refractivity contribution >= 4 is 5.97 Å². The number of halogens is 1. The van der Waals surface area contributed by atoms with Gasteiger partial charge in [0.25, 0.3) is 0 Å². The third kappa shape index (κ3) is 2.41. The average Bonchev–Trinajstić information content (AvgIpc) is 2.93. The Hall–Kier alpha value is -2.95. The quantitative estimate of drug-likeness (QED) is 0.738. The lowest BCUT2D eigenvalue weighted by Gasteiger charge is -2.10. The predicted octanol–water partition coefficient (Wildman–Crippen LogP) is 2.04. The molecule has 0 saturated carbocycles. The number of hydrogen-bond acceptors (Lipinski definition) is 3. The molecule has 0 amide bonds. The van der Waals surface area contributed by atoms with Crippen LogP contribution in [0.3, 0.4) is 0 Å². The van der Waals surface area contributed by atoms with Gasteiger partial charge >= 0.3 is 0 Å². The van der Waals surface area contributed by atoms with Crippen LogP contribution in [-0.4, -0.2) is 15.7 Å². The van der Waals surface area contributed by atoms with E-state index in [2.05, 4.69) is 5.10 Å². The number of carbonyl (C=O) groups excluding carboxylic acids is 1. The van der Waals surface area contributed by atoms with Gasteiger partial charge in [0.15, 0.2) is 0 Å². The zero-order valence-corrected chi connectivity index (χ0v) is 10.9. The van der Waals surface area contributed by atoms with Crippen molar-refractivity contribution in [3.05, 3.63) is 72.2 Å². The first-order chi connectivity index (χ1) is 10.2. The molecule has 3 aromatic rings. The highest BCUT2D eigenvalue weighted by atomic mass is 19.1. The van der Waals surface area contributed by atoms with Crippen molar-refractivity contribution in [2.45, 2.75) is 0 Å². The maximum Gasteiger partial charge on any atom is 0.125 e. The van der Waals surface area contributed by atoms with Gasteiger partial charge in [0, 0.05) is 11.1 Å². The lowest BCUT2D eigenvalue weighted by Crippen LogP contribution is -2.22. The summed E-state index contributed by atoms with van der Waals surface area (Å²) in [6.45, 7) is 0. The van der Waals surface area contributed by atoms with E-state index >= 15 is 0 Å². The van der Waals surface area contributed by atoms with Crippen LogP contribution in [0.1, 0.15) is 10.4 Å². The van der Waals surface area contributed by atoms with E-state index < -0.39 is 11.8 Å². The van der Waals surface area contributed by atoms with E-state index in [1.54, 1.807) is 36.4 Å². The fraction of sp³-hybridized carbons (Fsp3) is 0. The highest BCUT2D eigenvalue weighted by Gasteiger charge is 2.15. The summed E-state index contributed by atoms with van der Waals surface area (Å²) in [5.41, 5.74) is 1.44. The molecule has 0 fully saturated rings. The van der Waals surface area contributed by atoms with Crippen LogP contribution in [0.4, 0.5) is 4.39 Å². The van der Waals surface area contributed by atoms with Gasteiger partial charge in [-0.05, 0) is 18.2 Å². The minimum atomic E-state index is -1.32. The fourth-order valence-electron chi connectivity index (χ4n) is 2.18. The molecule has 1 heterocycles. The Morgan fingerprint density at radius 1 is 1.10 bits per heavy atom. The zero-order valence-electron chi connectivity index (χ0n) is 10.9. The summed E-state index contributed by atoms with van der Waals surface area (Å²) in [5.74, 6) is -1.74. The number of carboxylic acid groups (broad SMARTS) is 1. The normalized spacial score (nSPS) is 10.5. The van der Waals surface area contributed by atoms with Gasteiger partial charge in [-0.25, -0.2) is 9.07 Å². The molecule has 1 aromatic heterocycles. The van der Waals surface area contributed by atoms with Gasteiger partial charge in [-0.15, -0.1) is 0 Å². The van der Waals surface area contributed by atoms with E-state index in [9.17, 15) is 14.3 Å². The summed E-state index contributed by atoms with van der Waals surface area (Å²) < 4.78 is 14.8. The highest BCUT2D eigenvalue weighted by Crippen LogP contribution is 2.26. The molecule has 0 aliphatic rings. The number of hydrogen-bond donors (Lipinski definition) is 0. The number of aromatic carboxylic acids is 1. The summed E-state index contributed by atoms with van der Waals surface area (Å²) in [6, 6.07) is 14.7. The summed E-state index contributed by atoms with van der Waals surface area (Å²) >= 11 is 0. The van der Waals surface area contributed by atoms with Crippen molar-refractivity contribution in [3.8, 4) is 16.9 Å². The van der Waals surface area contributed by atoms with Gasteiger partial charge in [-0.3, -0.25) is 0 Å². The second-order valence-corrected chi connectivity index (χ2v) is 4.45. The van der Waals surface area contributed by atoms with E-state index in [4.69, 9.17) is 0 Å². The van der Waals surface area contributed by atoms with Crippen molar-refractivity contribution in [2.75, 3.05) is 0 Å². The minimum Gasteiger partial charge on any atom is -0.545 e. The average molecular weight is 281 g/mol. The SMILES string of the molecule is O=C([O-])c1cnn(-c2cccc(F)c2)c1-c1ccccc1. The van der Waals surface area contributed by atoms with Crippen molar-refractivity contribution in [1.29, 1.82) is 0 Å². The van der Waals surface area contributed by atoms with E-state index in [0.29, 0.717) is 16.9 Å². The zero-order chi connectivity index (χ0) is 14.8. The number of benzene rings is 2. The first kappa shape index (κ1) is 13.1. The molecule has 0 aliphatic heterocycles. The molecule has 0 radical (unpaired) electrons. The van der Waals surface area contributed by atoms with Crippen LogP contribution in [-0.2, 0) is 0 Å². The van der Waals surface area contributed by atoms with Crippen LogP contribution in [0.15, 0.2) is 60.8 Å². The number of aromatic nitrogens is 2. The topological polar surface area (TPSA) is 57.9 Å². The molecule has 0 aliphatic carbocycles. The van der Waals surface area contributed by atoms with Gasteiger partial charge in [0.1, 0.15) is 5.82 Å². The van der Waals surface area contributed by atoms with Crippen molar-refractivity contribution in [2.24, 2.45) is 0 Å². The second-order valence-electron chi connectivity index (χ2n) is 4.45. The summed E-state index contributed by atoms with van der Waals surface area (Å²) in [6.07, 6.45) is 1.21. The van der Waals surface area contributed by atoms with Crippen LogP contribution in [0.2, 0.25) is 0 Å². The molecular formula is C16H10FN2O2-. The standard InChI is InChI=1S/C16H11FN2O2/c17-12-7-4-8-13(9-12)19-15(11-5-2-1-3-6-11)14(10-18-19)16(20)21/h1-10H,(H,20,21)/p-1. The largest absolute Gasteiger partial charge is 0.545 e. The summed E-state index contributed by atoms with van der Waals surface area (Å²) in [5, 5.41) is 15.3. The minimum absolute atomic E-state index is 0.0366. The molecular weight excluding hydrogens is 271 g/mol. The molecule has 0 atom stereocenters. The predicted molar refractivity (Wildman–Crippen MR) is 73.3 cm³/mol. The molecule has 0 unspecified atom stereocenters. The van der Waals surface area contributed by atoms with Gasteiger partial charge in [-0.2, -0.15) is 5.10 Å². The maximum atomic E-state index is 13.4. The Labute approximate surface area is 120 Å². The molecule has 0 bridgehead atoms. The van der Waals surface area contributed by atoms with Gasteiger partial charge in [-0.1, -0.05) is 36.4 Å². The second kappa shape index (κ2) is 5.20. The first-order valence-corrected chi connectivity index (χ1v) is 6.27. The molecule has 0 spiro atoms. The third-order valence-corrected chi connectivity index (χ3v) is 3.09. The molecule has 0 N–H and O–H groups in total. The first-order valence-electron chi connectivity index (χ1n) is 6.27. The number of carbonyl (C=O) groups is 1. The number of nitrogens with zero attached hydrogens (tertiary/aromatic N) is 2. The Morgan fingerprint density at radius 2 is 1.86 bits per heavy atom. The molecule has 0 saturated heterocycles. The number of rotatable bonds is 3. The van der Waals surface area contributed by atoms with Crippen molar-refractivity contribution in [3.63, 3.8) is 0 Å². The maximum absolute atomic E-state index is 13.4. The Morgan fingerprint density at radius 3 is 2.52 bits per heavy atom. The fourth-order valence-corrected chi connectivity index (χ4v) is 2.18. The van der Waals surface area contributed by atoms with Crippen molar-refractivity contribution < 1.29 is 14.3 Å². The Balaban J connectivity index is 2.25. The molecule has 21 heavy (non-hydrogen) atoms. The lowest BCUT2D eigenvalue weighted by molar-refractivity contribution is -0.254. The Kier molecular flexibility index (Phi) is 3.23. The highest BCUT2D eigenvalue weighted by molar-refractivity contribution is 5.93. The molecule has 4 nitrogen and oxygen atoms in total.